The van der Waals surface area contributed by atoms with Crippen LogP contribution < -0.4 is 14.8 Å². The molecule has 0 saturated heterocycles. The zero-order valence-corrected chi connectivity index (χ0v) is 14.9. The minimum Gasteiger partial charge on any atom is -0.493 e. The van der Waals surface area contributed by atoms with Crippen LogP contribution in [-0.4, -0.2) is 32.3 Å². The Balaban J connectivity index is 2.69. The van der Waals surface area contributed by atoms with Crippen molar-refractivity contribution in [3.8, 4) is 11.5 Å². The molecule has 0 unspecified atom stereocenters. The van der Waals surface area contributed by atoms with E-state index in [4.69, 9.17) is 9.47 Å². The van der Waals surface area contributed by atoms with Crippen LogP contribution in [0.2, 0.25) is 0 Å². The second kappa shape index (κ2) is 10.4. The molecule has 3 nitrogen and oxygen atoms in total. The normalized spacial score (nSPS) is 10.6. The van der Waals surface area contributed by atoms with Gasteiger partial charge < -0.3 is 14.8 Å². The predicted molar refractivity (Wildman–Crippen MR) is 91.2 cm³/mol. The van der Waals surface area contributed by atoms with Gasteiger partial charge in [-0.2, -0.15) is 11.8 Å². The van der Waals surface area contributed by atoms with Gasteiger partial charge in [-0.25, -0.2) is 0 Å². The second-order valence-corrected chi connectivity index (χ2v) is 6.32. The standard InChI is InChI=1S/C15H24BrNO2S/c1-4-6-17-11-12-9-13(16)15(14(10-12)18-2)19-7-5-8-20-3/h9-10,17H,4-8,11H2,1-3H3. The Labute approximate surface area is 134 Å². The first kappa shape index (κ1) is 17.7. The number of halogens is 1. The number of benzene rings is 1. The molecule has 114 valence electrons. The molecule has 1 rings (SSSR count). The molecule has 0 bridgehead atoms. The molecule has 1 aromatic carbocycles. The van der Waals surface area contributed by atoms with Gasteiger partial charge in [0.15, 0.2) is 11.5 Å². The summed E-state index contributed by atoms with van der Waals surface area (Å²) >= 11 is 5.41. The summed E-state index contributed by atoms with van der Waals surface area (Å²) in [5.41, 5.74) is 1.19. The molecule has 0 aromatic heterocycles. The third-order valence-corrected chi connectivity index (χ3v) is 4.07. The highest BCUT2D eigenvalue weighted by Gasteiger charge is 2.11. The predicted octanol–water partition coefficient (Wildman–Crippen LogP) is 4.09. The number of ether oxygens (including phenoxy) is 2. The maximum atomic E-state index is 5.84. The fraction of sp³-hybridized carbons (Fsp3) is 0.600. The smallest absolute Gasteiger partial charge is 0.175 e. The Kier molecular flexibility index (Phi) is 9.14. The van der Waals surface area contributed by atoms with Gasteiger partial charge in [0.2, 0.25) is 0 Å². The van der Waals surface area contributed by atoms with E-state index < -0.39 is 0 Å². The van der Waals surface area contributed by atoms with E-state index in [9.17, 15) is 0 Å². The summed E-state index contributed by atoms with van der Waals surface area (Å²) in [6.07, 6.45) is 4.28. The van der Waals surface area contributed by atoms with Gasteiger partial charge in [-0.3, -0.25) is 0 Å². The monoisotopic (exact) mass is 361 g/mol. The second-order valence-electron chi connectivity index (χ2n) is 4.48. The molecular weight excluding hydrogens is 338 g/mol. The van der Waals surface area contributed by atoms with E-state index in [2.05, 4.69) is 40.5 Å². The number of rotatable bonds is 10. The summed E-state index contributed by atoms with van der Waals surface area (Å²) in [5.74, 6) is 2.70. The van der Waals surface area contributed by atoms with Crippen LogP contribution in [0, 0.1) is 0 Å². The van der Waals surface area contributed by atoms with E-state index >= 15 is 0 Å². The Bertz CT molecular complexity index is 402. The molecule has 0 atom stereocenters. The molecule has 0 fully saturated rings. The van der Waals surface area contributed by atoms with Crippen LogP contribution in [0.1, 0.15) is 25.3 Å². The third-order valence-electron chi connectivity index (χ3n) is 2.78. The summed E-state index contributed by atoms with van der Waals surface area (Å²) in [6.45, 7) is 4.74. The van der Waals surface area contributed by atoms with Crippen LogP contribution in [0.25, 0.3) is 0 Å². The Morgan fingerprint density at radius 3 is 2.80 bits per heavy atom. The molecule has 0 radical (unpaired) electrons. The first-order valence-corrected chi connectivity index (χ1v) is 9.10. The van der Waals surface area contributed by atoms with E-state index in [1.54, 1.807) is 7.11 Å². The van der Waals surface area contributed by atoms with Gasteiger partial charge in [-0.05, 0) is 65.0 Å². The van der Waals surface area contributed by atoms with E-state index in [0.717, 1.165) is 47.7 Å². The summed E-state index contributed by atoms with van der Waals surface area (Å²) in [4.78, 5) is 0. The number of hydrogen-bond donors (Lipinski definition) is 1. The maximum Gasteiger partial charge on any atom is 0.175 e. The average molecular weight is 362 g/mol. The number of methoxy groups -OCH3 is 1. The summed E-state index contributed by atoms with van der Waals surface area (Å²) < 4.78 is 12.2. The fourth-order valence-corrected chi connectivity index (χ4v) is 2.81. The van der Waals surface area contributed by atoms with Gasteiger partial charge >= 0.3 is 0 Å². The van der Waals surface area contributed by atoms with E-state index in [-0.39, 0.29) is 0 Å². The lowest BCUT2D eigenvalue weighted by Gasteiger charge is -2.14. The quantitative estimate of drug-likeness (QED) is 0.635. The molecule has 20 heavy (non-hydrogen) atoms. The molecule has 1 N–H and O–H groups in total. The third kappa shape index (κ3) is 5.94. The van der Waals surface area contributed by atoms with Crippen LogP contribution in [-0.2, 0) is 6.54 Å². The molecule has 0 heterocycles. The Morgan fingerprint density at radius 1 is 1.35 bits per heavy atom. The zero-order valence-electron chi connectivity index (χ0n) is 12.5. The molecule has 0 saturated carbocycles. The van der Waals surface area contributed by atoms with Crippen LogP contribution in [0.3, 0.4) is 0 Å². The van der Waals surface area contributed by atoms with Gasteiger partial charge in [0.05, 0.1) is 18.2 Å². The molecule has 5 heteroatoms. The summed E-state index contributed by atoms with van der Waals surface area (Å²) in [5, 5.41) is 3.39. The van der Waals surface area contributed by atoms with Crippen LogP contribution >= 0.6 is 27.7 Å². The van der Waals surface area contributed by atoms with E-state index in [1.807, 2.05) is 17.8 Å². The van der Waals surface area contributed by atoms with Crippen LogP contribution in [0.4, 0.5) is 0 Å². The molecule has 1 aromatic rings. The highest BCUT2D eigenvalue weighted by atomic mass is 79.9. The van der Waals surface area contributed by atoms with Crippen molar-refractivity contribution in [3.05, 3.63) is 22.2 Å². The lowest BCUT2D eigenvalue weighted by atomic mass is 10.2. The minimum atomic E-state index is 0.712. The van der Waals surface area contributed by atoms with Crippen LogP contribution in [0.15, 0.2) is 16.6 Å². The fourth-order valence-electron chi connectivity index (χ4n) is 1.80. The van der Waals surface area contributed by atoms with Crippen molar-refractivity contribution in [2.45, 2.75) is 26.3 Å². The molecule has 0 aliphatic carbocycles. The topological polar surface area (TPSA) is 30.5 Å². The lowest BCUT2D eigenvalue weighted by molar-refractivity contribution is 0.293. The number of thioether (sulfide) groups is 1. The molecule has 0 spiro atoms. The van der Waals surface area contributed by atoms with Crippen LogP contribution in [0.5, 0.6) is 11.5 Å². The van der Waals surface area contributed by atoms with Crippen molar-refractivity contribution >= 4 is 27.7 Å². The largest absolute Gasteiger partial charge is 0.493 e. The molecule has 0 amide bonds. The zero-order chi connectivity index (χ0) is 14.8. The van der Waals surface area contributed by atoms with Crippen molar-refractivity contribution < 1.29 is 9.47 Å². The summed E-state index contributed by atoms with van der Waals surface area (Å²) in [6, 6.07) is 4.13. The van der Waals surface area contributed by atoms with Crippen molar-refractivity contribution in [1.29, 1.82) is 0 Å². The number of nitrogens with one attached hydrogen (secondary N) is 1. The molecule has 0 aliphatic heterocycles. The SMILES string of the molecule is CCCNCc1cc(Br)c(OCCCSC)c(OC)c1. The summed E-state index contributed by atoms with van der Waals surface area (Å²) in [7, 11) is 1.68. The first-order valence-electron chi connectivity index (χ1n) is 6.91. The van der Waals surface area contributed by atoms with Gasteiger partial charge in [0, 0.05) is 6.54 Å². The minimum absolute atomic E-state index is 0.712. The molecule has 0 aliphatic rings. The maximum absolute atomic E-state index is 5.84. The number of hydrogen-bond acceptors (Lipinski definition) is 4. The van der Waals surface area contributed by atoms with Gasteiger partial charge in [-0.15, -0.1) is 0 Å². The van der Waals surface area contributed by atoms with Crippen molar-refractivity contribution in [2.75, 3.05) is 32.3 Å². The van der Waals surface area contributed by atoms with Gasteiger partial charge in [0.25, 0.3) is 0 Å². The lowest BCUT2D eigenvalue weighted by Crippen LogP contribution is -2.14. The van der Waals surface area contributed by atoms with Gasteiger partial charge in [-0.1, -0.05) is 6.92 Å². The average Bonchev–Trinajstić information content (AvgIpc) is 2.45. The van der Waals surface area contributed by atoms with E-state index in [1.165, 1.54) is 5.56 Å². The highest BCUT2D eigenvalue weighted by Crippen LogP contribution is 2.36. The van der Waals surface area contributed by atoms with Gasteiger partial charge in [0.1, 0.15) is 0 Å². The highest BCUT2D eigenvalue weighted by molar-refractivity contribution is 9.10. The Morgan fingerprint density at radius 2 is 2.15 bits per heavy atom. The van der Waals surface area contributed by atoms with Crippen molar-refractivity contribution in [3.63, 3.8) is 0 Å². The molecular formula is C15H24BrNO2S. The Hall–Kier alpha value is -0.390. The van der Waals surface area contributed by atoms with Crippen molar-refractivity contribution in [2.24, 2.45) is 0 Å². The van der Waals surface area contributed by atoms with Crippen molar-refractivity contribution in [1.82, 2.24) is 5.32 Å². The first-order chi connectivity index (χ1) is 9.72. The van der Waals surface area contributed by atoms with E-state index in [0.29, 0.717) is 6.61 Å².